The summed E-state index contributed by atoms with van der Waals surface area (Å²) in [6, 6.07) is 14.1. The summed E-state index contributed by atoms with van der Waals surface area (Å²) < 4.78 is 16.6. The molecular formula is C23H33IN4O3. The number of hydrogen-bond acceptors (Lipinski definition) is 5. The molecule has 0 radical (unpaired) electrons. The smallest absolute Gasteiger partial charge is 0.193 e. The summed E-state index contributed by atoms with van der Waals surface area (Å²) in [5.74, 6) is 1.81. The van der Waals surface area contributed by atoms with Crippen LogP contribution in [0.15, 0.2) is 47.5 Å². The lowest BCUT2D eigenvalue weighted by molar-refractivity contribution is 0.0342. The van der Waals surface area contributed by atoms with Gasteiger partial charge in [-0.1, -0.05) is 24.3 Å². The topological polar surface area (TPSA) is 81.3 Å². The number of nitrogens with two attached hydrogens (primary N) is 1. The number of aliphatic imine (C=N–C) groups is 1. The van der Waals surface area contributed by atoms with Crippen molar-refractivity contribution in [2.24, 2.45) is 10.7 Å². The van der Waals surface area contributed by atoms with Gasteiger partial charge in [-0.2, -0.15) is 0 Å². The van der Waals surface area contributed by atoms with E-state index in [4.69, 9.17) is 19.9 Å². The molecule has 1 heterocycles. The monoisotopic (exact) mass is 540 g/mol. The molecule has 1 aliphatic heterocycles. The van der Waals surface area contributed by atoms with E-state index in [2.05, 4.69) is 39.5 Å². The molecule has 1 fully saturated rings. The molecule has 0 atom stereocenters. The second-order valence-electron chi connectivity index (χ2n) is 7.06. The van der Waals surface area contributed by atoms with Gasteiger partial charge in [-0.3, -0.25) is 4.90 Å². The maximum atomic E-state index is 6.12. The molecule has 1 saturated heterocycles. The van der Waals surface area contributed by atoms with Crippen LogP contribution in [0.2, 0.25) is 0 Å². The van der Waals surface area contributed by atoms with Gasteiger partial charge in [0.05, 0.1) is 38.7 Å². The highest BCUT2D eigenvalue weighted by Crippen LogP contribution is 2.29. The van der Waals surface area contributed by atoms with Crippen LogP contribution in [0.4, 0.5) is 5.69 Å². The summed E-state index contributed by atoms with van der Waals surface area (Å²) in [5, 5.41) is 3.13. The molecule has 0 saturated carbocycles. The van der Waals surface area contributed by atoms with E-state index in [1.54, 1.807) is 0 Å². The molecule has 170 valence electrons. The second-order valence-corrected chi connectivity index (χ2v) is 7.06. The molecular weight excluding hydrogens is 507 g/mol. The van der Waals surface area contributed by atoms with E-state index >= 15 is 0 Å². The maximum Gasteiger partial charge on any atom is 0.193 e. The van der Waals surface area contributed by atoms with Crippen LogP contribution in [0.25, 0.3) is 0 Å². The average Bonchev–Trinajstić information content (AvgIpc) is 2.76. The lowest BCUT2D eigenvalue weighted by atomic mass is 10.1. The van der Waals surface area contributed by atoms with Gasteiger partial charge in [0, 0.05) is 25.7 Å². The first-order valence-electron chi connectivity index (χ1n) is 10.5. The molecule has 0 bridgehead atoms. The normalized spacial score (nSPS) is 14.6. The van der Waals surface area contributed by atoms with Crippen molar-refractivity contribution in [3.63, 3.8) is 0 Å². The van der Waals surface area contributed by atoms with Crippen molar-refractivity contribution >= 4 is 35.6 Å². The number of nitrogens with zero attached hydrogens (tertiary/aromatic N) is 2. The summed E-state index contributed by atoms with van der Waals surface area (Å²) >= 11 is 0. The summed E-state index contributed by atoms with van der Waals surface area (Å²) in [7, 11) is 0. The summed E-state index contributed by atoms with van der Waals surface area (Å²) in [6.07, 6.45) is 0. The number of hydrogen-bond donors (Lipinski definition) is 2. The molecule has 7 nitrogen and oxygen atoms in total. The van der Waals surface area contributed by atoms with Gasteiger partial charge in [0.2, 0.25) is 0 Å². The molecule has 3 rings (SSSR count). The van der Waals surface area contributed by atoms with Crippen LogP contribution < -0.4 is 20.5 Å². The van der Waals surface area contributed by atoms with Gasteiger partial charge < -0.3 is 25.3 Å². The van der Waals surface area contributed by atoms with E-state index < -0.39 is 0 Å². The maximum absolute atomic E-state index is 6.12. The van der Waals surface area contributed by atoms with E-state index in [-0.39, 0.29) is 24.0 Å². The van der Waals surface area contributed by atoms with E-state index in [0.29, 0.717) is 31.5 Å². The van der Waals surface area contributed by atoms with Crippen LogP contribution in [0.3, 0.4) is 0 Å². The summed E-state index contributed by atoms with van der Waals surface area (Å²) in [5.41, 5.74) is 9.27. The van der Waals surface area contributed by atoms with Crippen LogP contribution in [-0.2, 0) is 17.8 Å². The van der Waals surface area contributed by atoms with Crippen LogP contribution in [0, 0.1) is 0 Å². The van der Waals surface area contributed by atoms with Crippen molar-refractivity contribution in [2.75, 3.05) is 44.8 Å². The minimum atomic E-state index is 0. The van der Waals surface area contributed by atoms with Crippen LogP contribution in [0.5, 0.6) is 11.5 Å². The minimum Gasteiger partial charge on any atom is -0.494 e. The van der Waals surface area contributed by atoms with E-state index in [1.165, 1.54) is 5.56 Å². The SMILES string of the molecule is CCOc1ccc(OCC)c(NC(N)=NCc2ccc(CN3CCOCC3)cc2)c1.I. The van der Waals surface area contributed by atoms with E-state index in [9.17, 15) is 0 Å². The highest BCUT2D eigenvalue weighted by atomic mass is 127. The first-order valence-corrected chi connectivity index (χ1v) is 10.5. The van der Waals surface area contributed by atoms with Gasteiger partial charge in [0.25, 0.3) is 0 Å². The molecule has 0 aliphatic carbocycles. The van der Waals surface area contributed by atoms with Crippen molar-refractivity contribution in [1.82, 2.24) is 4.90 Å². The molecule has 2 aromatic rings. The van der Waals surface area contributed by atoms with Crippen LogP contribution >= 0.6 is 24.0 Å². The number of benzene rings is 2. The Kier molecular flexibility index (Phi) is 10.9. The Morgan fingerprint density at radius 2 is 1.71 bits per heavy atom. The zero-order chi connectivity index (χ0) is 21.2. The van der Waals surface area contributed by atoms with Crippen LogP contribution in [-0.4, -0.2) is 50.4 Å². The third-order valence-corrected chi connectivity index (χ3v) is 4.79. The molecule has 8 heteroatoms. The largest absolute Gasteiger partial charge is 0.494 e. The Balaban J connectivity index is 0.00000341. The van der Waals surface area contributed by atoms with E-state index in [0.717, 1.165) is 49.8 Å². The zero-order valence-corrected chi connectivity index (χ0v) is 20.6. The molecule has 2 aromatic carbocycles. The molecule has 1 aliphatic rings. The Morgan fingerprint density at radius 3 is 2.39 bits per heavy atom. The Hall–Kier alpha value is -2.04. The Labute approximate surface area is 202 Å². The zero-order valence-electron chi connectivity index (χ0n) is 18.3. The van der Waals surface area contributed by atoms with Gasteiger partial charge >= 0.3 is 0 Å². The number of morpholine rings is 1. The highest BCUT2D eigenvalue weighted by molar-refractivity contribution is 14.0. The van der Waals surface area contributed by atoms with Gasteiger partial charge in [0.1, 0.15) is 11.5 Å². The third kappa shape index (κ3) is 8.19. The van der Waals surface area contributed by atoms with Crippen molar-refractivity contribution in [3.05, 3.63) is 53.6 Å². The van der Waals surface area contributed by atoms with Gasteiger partial charge in [0.15, 0.2) is 5.96 Å². The number of guanidine groups is 1. The number of anilines is 1. The Morgan fingerprint density at radius 1 is 1.03 bits per heavy atom. The fraction of sp³-hybridized carbons (Fsp3) is 0.435. The lowest BCUT2D eigenvalue weighted by Gasteiger charge is -2.26. The molecule has 31 heavy (non-hydrogen) atoms. The van der Waals surface area contributed by atoms with Gasteiger partial charge in [-0.05, 0) is 37.1 Å². The number of nitrogens with one attached hydrogen (secondary N) is 1. The fourth-order valence-electron chi connectivity index (χ4n) is 3.27. The molecule has 0 amide bonds. The number of halogens is 1. The molecule has 0 aromatic heterocycles. The summed E-state index contributed by atoms with van der Waals surface area (Å²) in [4.78, 5) is 6.88. The third-order valence-electron chi connectivity index (χ3n) is 4.79. The van der Waals surface area contributed by atoms with Crippen LogP contribution in [0.1, 0.15) is 25.0 Å². The first kappa shape index (κ1) is 25.2. The lowest BCUT2D eigenvalue weighted by Crippen LogP contribution is -2.35. The quantitative estimate of drug-likeness (QED) is 0.286. The minimum absolute atomic E-state index is 0. The van der Waals surface area contributed by atoms with Gasteiger partial charge in [-0.25, -0.2) is 4.99 Å². The predicted molar refractivity (Wildman–Crippen MR) is 136 cm³/mol. The van der Waals surface area contributed by atoms with Crippen molar-refractivity contribution < 1.29 is 14.2 Å². The van der Waals surface area contributed by atoms with E-state index in [1.807, 2.05) is 32.0 Å². The molecule has 0 spiro atoms. The van der Waals surface area contributed by atoms with Gasteiger partial charge in [-0.15, -0.1) is 24.0 Å². The Bertz CT molecular complexity index is 824. The van der Waals surface area contributed by atoms with Crippen molar-refractivity contribution in [1.29, 1.82) is 0 Å². The first-order chi connectivity index (χ1) is 14.7. The molecule has 3 N–H and O–H groups in total. The second kappa shape index (κ2) is 13.4. The predicted octanol–water partition coefficient (Wildman–Crippen LogP) is 3.86. The average molecular weight is 540 g/mol. The summed E-state index contributed by atoms with van der Waals surface area (Å²) in [6.45, 7) is 10.1. The van der Waals surface area contributed by atoms with Crippen molar-refractivity contribution in [2.45, 2.75) is 26.9 Å². The number of rotatable bonds is 9. The van der Waals surface area contributed by atoms with Crippen molar-refractivity contribution in [3.8, 4) is 11.5 Å². The standard InChI is InChI=1S/C23H32N4O3.HI/c1-3-29-20-9-10-22(30-4-2)21(15-20)26-23(24)25-16-18-5-7-19(8-6-18)17-27-11-13-28-14-12-27;/h5-10,15H,3-4,11-14,16-17H2,1-2H3,(H3,24,25,26);1H. The highest BCUT2D eigenvalue weighted by Gasteiger charge is 2.10. The fourth-order valence-corrected chi connectivity index (χ4v) is 3.27. The molecule has 0 unspecified atom stereocenters. The number of ether oxygens (including phenoxy) is 3.